The van der Waals surface area contributed by atoms with Gasteiger partial charge in [0.1, 0.15) is 5.54 Å². The largest absolute Gasteiger partial charge is 0.480 e. The lowest BCUT2D eigenvalue weighted by Gasteiger charge is -2.36. The molecule has 2 unspecified atom stereocenters. The number of rotatable bonds is 6. The number of carboxylic acids is 1. The van der Waals surface area contributed by atoms with Gasteiger partial charge in [-0.15, -0.1) is 0 Å². The Morgan fingerprint density at radius 2 is 1.90 bits per heavy atom. The Labute approximate surface area is 121 Å². The van der Waals surface area contributed by atoms with Crippen LogP contribution in [-0.4, -0.2) is 46.7 Å². The molecule has 0 aromatic heterocycles. The Kier molecular flexibility index (Phi) is 4.04. The zero-order chi connectivity index (χ0) is 14.2. The van der Waals surface area contributed by atoms with Crippen LogP contribution in [0.25, 0.3) is 0 Å². The summed E-state index contributed by atoms with van der Waals surface area (Å²) in [6.45, 7) is 3.62. The number of likely N-dealkylation sites (tertiary alicyclic amines) is 1. The quantitative estimate of drug-likeness (QED) is 0.783. The van der Waals surface area contributed by atoms with Crippen molar-refractivity contribution >= 4 is 5.97 Å². The van der Waals surface area contributed by atoms with Crippen LogP contribution in [0.2, 0.25) is 0 Å². The molecule has 0 amide bonds. The lowest BCUT2D eigenvalue weighted by molar-refractivity contribution is -0.145. The molecule has 1 heterocycles. The molecule has 2 N–H and O–H groups in total. The Morgan fingerprint density at radius 3 is 2.50 bits per heavy atom. The van der Waals surface area contributed by atoms with Crippen LogP contribution in [0.4, 0.5) is 0 Å². The molecule has 0 aromatic rings. The van der Waals surface area contributed by atoms with Gasteiger partial charge in [0.05, 0.1) is 0 Å². The first kappa shape index (κ1) is 14.3. The summed E-state index contributed by atoms with van der Waals surface area (Å²) in [5, 5.41) is 13.0. The van der Waals surface area contributed by atoms with Gasteiger partial charge in [0.2, 0.25) is 0 Å². The second-order valence-corrected chi connectivity index (χ2v) is 7.28. The molecule has 1 aliphatic heterocycles. The van der Waals surface area contributed by atoms with Crippen molar-refractivity contribution in [3.8, 4) is 0 Å². The smallest absolute Gasteiger partial charge is 0.324 e. The number of carbonyl (C=O) groups is 1. The molecule has 0 bridgehead atoms. The van der Waals surface area contributed by atoms with Crippen LogP contribution in [0.3, 0.4) is 0 Å². The van der Waals surface area contributed by atoms with Gasteiger partial charge in [-0.2, -0.15) is 0 Å². The first-order valence-electron chi connectivity index (χ1n) is 8.34. The van der Waals surface area contributed by atoms with Gasteiger partial charge >= 0.3 is 5.97 Å². The highest BCUT2D eigenvalue weighted by molar-refractivity contribution is 5.78. The second-order valence-electron chi connectivity index (χ2n) is 7.28. The molecule has 3 aliphatic rings. The first-order chi connectivity index (χ1) is 9.58. The number of aliphatic carboxylic acids is 1. The van der Waals surface area contributed by atoms with Crippen molar-refractivity contribution in [2.24, 2.45) is 5.92 Å². The molecule has 0 radical (unpaired) electrons. The topological polar surface area (TPSA) is 52.6 Å². The molecule has 114 valence electrons. The molecule has 3 fully saturated rings. The van der Waals surface area contributed by atoms with Crippen molar-refractivity contribution in [1.29, 1.82) is 0 Å². The molecular formula is C16H28N2O2. The van der Waals surface area contributed by atoms with Crippen LogP contribution in [0.5, 0.6) is 0 Å². The number of hydrogen-bond acceptors (Lipinski definition) is 3. The number of hydrogen-bond donors (Lipinski definition) is 2. The molecule has 0 spiro atoms. The molecule has 0 aromatic carbocycles. The number of nitrogens with one attached hydrogen (secondary N) is 1. The summed E-state index contributed by atoms with van der Waals surface area (Å²) in [7, 11) is 0. The second kappa shape index (κ2) is 5.64. The van der Waals surface area contributed by atoms with Gasteiger partial charge in [0.15, 0.2) is 0 Å². The molecule has 1 saturated heterocycles. The van der Waals surface area contributed by atoms with E-state index in [0.717, 1.165) is 25.3 Å². The van der Waals surface area contributed by atoms with Crippen molar-refractivity contribution < 1.29 is 9.90 Å². The highest BCUT2D eigenvalue weighted by atomic mass is 16.4. The van der Waals surface area contributed by atoms with Gasteiger partial charge in [-0.1, -0.05) is 12.8 Å². The molecular weight excluding hydrogens is 252 g/mol. The van der Waals surface area contributed by atoms with Crippen molar-refractivity contribution in [3.05, 3.63) is 0 Å². The molecule has 4 nitrogen and oxygen atoms in total. The summed E-state index contributed by atoms with van der Waals surface area (Å²) in [5.74, 6) is 0.123. The van der Waals surface area contributed by atoms with Crippen molar-refractivity contribution in [3.63, 3.8) is 0 Å². The van der Waals surface area contributed by atoms with Crippen LogP contribution in [0, 0.1) is 5.92 Å². The van der Waals surface area contributed by atoms with E-state index in [-0.39, 0.29) is 0 Å². The third-order valence-corrected chi connectivity index (χ3v) is 5.45. The summed E-state index contributed by atoms with van der Waals surface area (Å²) in [4.78, 5) is 14.2. The first-order valence-corrected chi connectivity index (χ1v) is 8.34. The molecule has 2 aliphatic carbocycles. The fraction of sp³-hybridized carbons (Fsp3) is 0.938. The van der Waals surface area contributed by atoms with Gasteiger partial charge in [-0.25, -0.2) is 0 Å². The van der Waals surface area contributed by atoms with E-state index in [1.807, 2.05) is 6.92 Å². The van der Waals surface area contributed by atoms with Crippen LogP contribution in [0.15, 0.2) is 0 Å². The summed E-state index contributed by atoms with van der Waals surface area (Å²) in [6, 6.07) is 1.07. The minimum atomic E-state index is -0.775. The minimum absolute atomic E-state index is 0.434. The average molecular weight is 280 g/mol. The minimum Gasteiger partial charge on any atom is -0.480 e. The molecule has 3 rings (SSSR count). The Balaban J connectivity index is 1.65. The van der Waals surface area contributed by atoms with Crippen molar-refractivity contribution in [1.82, 2.24) is 10.2 Å². The summed E-state index contributed by atoms with van der Waals surface area (Å²) >= 11 is 0. The summed E-state index contributed by atoms with van der Waals surface area (Å²) in [6.07, 6.45) is 10.2. The van der Waals surface area contributed by atoms with E-state index in [1.54, 1.807) is 0 Å². The fourth-order valence-electron chi connectivity index (χ4n) is 4.18. The van der Waals surface area contributed by atoms with E-state index in [9.17, 15) is 9.90 Å². The van der Waals surface area contributed by atoms with Gasteiger partial charge < -0.3 is 5.11 Å². The maximum atomic E-state index is 11.7. The molecule has 4 heteroatoms. The van der Waals surface area contributed by atoms with E-state index in [4.69, 9.17) is 0 Å². The van der Waals surface area contributed by atoms with Crippen molar-refractivity contribution in [2.75, 3.05) is 13.1 Å². The molecule has 2 saturated carbocycles. The lowest BCUT2D eigenvalue weighted by Crippen LogP contribution is -2.58. The maximum Gasteiger partial charge on any atom is 0.324 e. The zero-order valence-electron chi connectivity index (χ0n) is 12.6. The Bertz CT molecular complexity index is 363. The highest BCUT2D eigenvalue weighted by Crippen LogP contribution is 2.36. The molecule has 2 atom stereocenters. The van der Waals surface area contributed by atoms with Crippen LogP contribution in [0.1, 0.15) is 58.3 Å². The summed E-state index contributed by atoms with van der Waals surface area (Å²) in [5.41, 5.74) is -0.775. The summed E-state index contributed by atoms with van der Waals surface area (Å²) < 4.78 is 0. The predicted octanol–water partition coefficient (Wildman–Crippen LogP) is 2.24. The van der Waals surface area contributed by atoms with Crippen LogP contribution >= 0.6 is 0 Å². The standard InChI is InChI=1S/C16H28N2O2/c1-16(15(19)20,17-13-8-9-13)11-18-10-4-7-14(18)12-5-2-3-6-12/h12-14,17H,2-11H2,1H3,(H,19,20). The third kappa shape index (κ3) is 3.01. The maximum absolute atomic E-state index is 11.7. The number of nitrogens with zero attached hydrogens (tertiary/aromatic N) is 1. The van der Waals surface area contributed by atoms with E-state index in [0.29, 0.717) is 18.6 Å². The van der Waals surface area contributed by atoms with E-state index < -0.39 is 11.5 Å². The van der Waals surface area contributed by atoms with Crippen LogP contribution < -0.4 is 5.32 Å². The third-order valence-electron chi connectivity index (χ3n) is 5.45. The normalized spacial score (nSPS) is 31.6. The molecule has 20 heavy (non-hydrogen) atoms. The number of carboxylic acid groups (broad SMARTS) is 1. The van der Waals surface area contributed by atoms with Gasteiger partial charge in [-0.3, -0.25) is 15.0 Å². The Hall–Kier alpha value is -0.610. The van der Waals surface area contributed by atoms with Crippen molar-refractivity contribution in [2.45, 2.75) is 75.9 Å². The van der Waals surface area contributed by atoms with Gasteiger partial charge in [0.25, 0.3) is 0 Å². The fourth-order valence-corrected chi connectivity index (χ4v) is 4.18. The van der Waals surface area contributed by atoms with E-state index in [1.165, 1.54) is 38.5 Å². The van der Waals surface area contributed by atoms with Crippen LogP contribution in [-0.2, 0) is 4.79 Å². The highest BCUT2D eigenvalue weighted by Gasteiger charge is 2.43. The van der Waals surface area contributed by atoms with E-state index >= 15 is 0 Å². The Morgan fingerprint density at radius 1 is 1.20 bits per heavy atom. The monoisotopic (exact) mass is 280 g/mol. The predicted molar refractivity (Wildman–Crippen MR) is 78.8 cm³/mol. The lowest BCUT2D eigenvalue weighted by atomic mass is 9.94. The van der Waals surface area contributed by atoms with Gasteiger partial charge in [0, 0.05) is 18.6 Å². The SMILES string of the molecule is CC(CN1CCCC1C1CCCC1)(NC1CC1)C(=O)O. The van der Waals surface area contributed by atoms with Gasteiger partial charge in [-0.05, 0) is 57.9 Å². The van der Waals surface area contributed by atoms with E-state index in [2.05, 4.69) is 10.2 Å². The average Bonchev–Trinajstić information content (AvgIpc) is 2.91. The zero-order valence-corrected chi connectivity index (χ0v) is 12.6.